The van der Waals surface area contributed by atoms with Gasteiger partial charge >= 0.3 is 11.7 Å². The molecule has 1 aromatic heterocycles. The Hall–Kier alpha value is -2.12. The van der Waals surface area contributed by atoms with Crippen LogP contribution in [0.25, 0.3) is 11.1 Å². The van der Waals surface area contributed by atoms with Gasteiger partial charge in [-0.15, -0.1) is 0 Å². The van der Waals surface area contributed by atoms with Gasteiger partial charge in [0.1, 0.15) is 6.61 Å². The summed E-state index contributed by atoms with van der Waals surface area (Å²) in [5, 5.41) is 8.50. The molecule has 1 heterocycles. The van der Waals surface area contributed by atoms with E-state index in [9.17, 15) is 9.59 Å². The summed E-state index contributed by atoms with van der Waals surface area (Å²) in [5.41, 5.74) is 7.86. The van der Waals surface area contributed by atoms with Crippen LogP contribution in [0.3, 0.4) is 0 Å². The number of hydrogen-bond donors (Lipinski definition) is 2. The van der Waals surface area contributed by atoms with E-state index in [4.69, 9.17) is 20.0 Å². The molecule has 0 amide bonds. The number of carbonyl (C=O) groups is 1. The SMILES string of the molecule is CCCn1c(=O)oc2cc(C(N)COCC(=O)O)ccc21. The highest BCUT2D eigenvalue weighted by molar-refractivity contribution is 5.74. The number of aliphatic carboxylic acids is 1. The topological polar surface area (TPSA) is 108 Å². The molecule has 2 aromatic rings. The Balaban J connectivity index is 2.19. The number of carboxylic acids is 1. The first-order valence-corrected chi connectivity index (χ1v) is 6.71. The van der Waals surface area contributed by atoms with Gasteiger partial charge in [-0.1, -0.05) is 13.0 Å². The van der Waals surface area contributed by atoms with Crippen molar-refractivity contribution in [3.8, 4) is 0 Å². The number of fused-ring (bicyclic) bond motifs is 1. The van der Waals surface area contributed by atoms with E-state index in [1.54, 1.807) is 22.8 Å². The van der Waals surface area contributed by atoms with E-state index in [1.165, 1.54) is 0 Å². The van der Waals surface area contributed by atoms with Gasteiger partial charge in [-0.25, -0.2) is 9.59 Å². The second-order valence-corrected chi connectivity index (χ2v) is 4.76. The Bertz CT molecular complexity index is 688. The molecular formula is C14H18N2O5. The van der Waals surface area contributed by atoms with Crippen LogP contribution in [0, 0.1) is 0 Å². The average Bonchev–Trinajstić information content (AvgIpc) is 2.74. The van der Waals surface area contributed by atoms with Gasteiger partial charge < -0.3 is 20.0 Å². The van der Waals surface area contributed by atoms with Crippen LogP contribution in [0.2, 0.25) is 0 Å². The van der Waals surface area contributed by atoms with Crippen LogP contribution in [-0.4, -0.2) is 28.9 Å². The van der Waals surface area contributed by atoms with E-state index in [0.29, 0.717) is 12.1 Å². The van der Waals surface area contributed by atoms with Crippen molar-refractivity contribution in [2.45, 2.75) is 25.9 Å². The summed E-state index contributed by atoms with van der Waals surface area (Å²) < 4.78 is 11.7. The van der Waals surface area contributed by atoms with Crippen LogP contribution < -0.4 is 11.5 Å². The molecule has 0 saturated carbocycles. The van der Waals surface area contributed by atoms with Crippen molar-refractivity contribution < 1.29 is 19.1 Å². The van der Waals surface area contributed by atoms with Crippen LogP contribution in [0.5, 0.6) is 0 Å². The minimum absolute atomic E-state index is 0.0811. The third-order valence-corrected chi connectivity index (χ3v) is 3.09. The van der Waals surface area contributed by atoms with Gasteiger partial charge in [0.2, 0.25) is 0 Å². The first-order chi connectivity index (χ1) is 10.0. The molecule has 1 unspecified atom stereocenters. The fraction of sp³-hybridized carbons (Fsp3) is 0.429. The second kappa shape index (κ2) is 6.55. The van der Waals surface area contributed by atoms with Crippen molar-refractivity contribution in [3.05, 3.63) is 34.3 Å². The summed E-state index contributed by atoms with van der Waals surface area (Å²) in [4.78, 5) is 22.1. The van der Waals surface area contributed by atoms with Gasteiger partial charge in [0.05, 0.1) is 18.2 Å². The zero-order chi connectivity index (χ0) is 15.4. The number of rotatable bonds is 7. The molecule has 0 spiro atoms. The van der Waals surface area contributed by atoms with E-state index < -0.39 is 18.6 Å². The Morgan fingerprint density at radius 3 is 2.95 bits per heavy atom. The summed E-state index contributed by atoms with van der Waals surface area (Å²) in [5.74, 6) is -1.43. The number of ether oxygens (including phenoxy) is 1. The molecule has 7 nitrogen and oxygen atoms in total. The van der Waals surface area contributed by atoms with Crippen molar-refractivity contribution >= 4 is 17.1 Å². The number of aryl methyl sites for hydroxylation is 1. The smallest absolute Gasteiger partial charge is 0.419 e. The van der Waals surface area contributed by atoms with Gasteiger partial charge in [-0.2, -0.15) is 0 Å². The number of nitrogens with two attached hydrogens (primary N) is 1. The Morgan fingerprint density at radius 1 is 1.52 bits per heavy atom. The highest BCUT2D eigenvalue weighted by Crippen LogP contribution is 2.19. The fourth-order valence-electron chi connectivity index (χ4n) is 2.12. The van der Waals surface area contributed by atoms with Gasteiger partial charge in [-0.05, 0) is 24.1 Å². The highest BCUT2D eigenvalue weighted by atomic mass is 16.5. The largest absolute Gasteiger partial charge is 0.480 e. The Morgan fingerprint density at radius 2 is 2.29 bits per heavy atom. The molecule has 0 bridgehead atoms. The van der Waals surface area contributed by atoms with Crippen LogP contribution in [0.1, 0.15) is 24.9 Å². The predicted molar refractivity (Wildman–Crippen MR) is 76.1 cm³/mol. The molecule has 1 aromatic carbocycles. The zero-order valence-electron chi connectivity index (χ0n) is 11.7. The van der Waals surface area contributed by atoms with Crippen molar-refractivity contribution in [1.82, 2.24) is 4.57 Å². The molecule has 0 aliphatic carbocycles. The summed E-state index contributed by atoms with van der Waals surface area (Å²) in [6.07, 6.45) is 0.832. The van der Waals surface area contributed by atoms with Crippen molar-refractivity contribution in [2.24, 2.45) is 5.73 Å². The van der Waals surface area contributed by atoms with Gasteiger partial charge in [0, 0.05) is 6.54 Å². The summed E-state index contributed by atoms with van der Waals surface area (Å²) >= 11 is 0. The van der Waals surface area contributed by atoms with Crippen molar-refractivity contribution in [2.75, 3.05) is 13.2 Å². The number of benzene rings is 1. The van der Waals surface area contributed by atoms with E-state index in [2.05, 4.69) is 0 Å². The molecule has 0 aliphatic rings. The zero-order valence-corrected chi connectivity index (χ0v) is 11.7. The van der Waals surface area contributed by atoms with Crippen molar-refractivity contribution in [3.63, 3.8) is 0 Å². The van der Waals surface area contributed by atoms with Crippen molar-refractivity contribution in [1.29, 1.82) is 0 Å². The Labute approximate surface area is 120 Å². The number of carboxylic acid groups (broad SMARTS) is 1. The molecule has 3 N–H and O–H groups in total. The quantitative estimate of drug-likeness (QED) is 0.792. The summed E-state index contributed by atoms with van der Waals surface area (Å²) in [7, 11) is 0. The minimum atomic E-state index is -1.04. The lowest BCUT2D eigenvalue weighted by Gasteiger charge is -2.11. The maximum Gasteiger partial charge on any atom is 0.419 e. The maximum atomic E-state index is 11.7. The third-order valence-electron chi connectivity index (χ3n) is 3.09. The molecule has 0 radical (unpaired) electrons. The molecular weight excluding hydrogens is 276 g/mol. The molecule has 7 heteroatoms. The van der Waals surface area contributed by atoms with E-state index in [1.807, 2.05) is 6.92 Å². The van der Waals surface area contributed by atoms with E-state index in [-0.39, 0.29) is 12.4 Å². The molecule has 114 valence electrons. The summed E-state index contributed by atoms with van der Waals surface area (Å²) in [6.45, 7) is 2.27. The van der Waals surface area contributed by atoms with E-state index >= 15 is 0 Å². The molecule has 2 rings (SSSR count). The van der Waals surface area contributed by atoms with Crippen LogP contribution in [0.15, 0.2) is 27.4 Å². The number of oxazole rings is 1. The summed E-state index contributed by atoms with van der Waals surface area (Å²) in [6, 6.07) is 4.78. The monoisotopic (exact) mass is 294 g/mol. The molecule has 1 atom stereocenters. The molecule has 0 aliphatic heterocycles. The first kappa shape index (κ1) is 15.3. The second-order valence-electron chi connectivity index (χ2n) is 4.76. The maximum absolute atomic E-state index is 11.7. The first-order valence-electron chi connectivity index (χ1n) is 6.71. The molecule has 0 saturated heterocycles. The highest BCUT2D eigenvalue weighted by Gasteiger charge is 2.13. The third kappa shape index (κ3) is 3.50. The lowest BCUT2D eigenvalue weighted by Crippen LogP contribution is -2.19. The van der Waals surface area contributed by atoms with Crippen LogP contribution in [-0.2, 0) is 16.1 Å². The normalized spacial score (nSPS) is 12.7. The van der Waals surface area contributed by atoms with E-state index in [0.717, 1.165) is 17.5 Å². The van der Waals surface area contributed by atoms with Gasteiger partial charge in [-0.3, -0.25) is 4.57 Å². The van der Waals surface area contributed by atoms with Gasteiger partial charge in [0.25, 0.3) is 0 Å². The fourth-order valence-corrected chi connectivity index (χ4v) is 2.12. The van der Waals surface area contributed by atoms with Gasteiger partial charge in [0.15, 0.2) is 5.58 Å². The average molecular weight is 294 g/mol. The minimum Gasteiger partial charge on any atom is -0.480 e. The standard InChI is InChI=1S/C14H18N2O5/c1-2-5-16-11-4-3-9(6-12(11)21-14(16)19)10(15)7-20-8-13(17)18/h3-4,6,10H,2,5,7-8,15H2,1H3,(H,17,18). The number of aromatic nitrogens is 1. The lowest BCUT2D eigenvalue weighted by atomic mass is 10.1. The molecule has 0 fully saturated rings. The van der Waals surface area contributed by atoms with Crippen LogP contribution >= 0.6 is 0 Å². The van der Waals surface area contributed by atoms with Crippen LogP contribution in [0.4, 0.5) is 0 Å². The molecule has 21 heavy (non-hydrogen) atoms. The lowest BCUT2D eigenvalue weighted by molar-refractivity contribution is -0.142. The predicted octanol–water partition coefficient (Wildman–Crippen LogP) is 1.11. The number of hydrogen-bond acceptors (Lipinski definition) is 5. The Kier molecular flexibility index (Phi) is 4.77. The number of nitrogens with zero attached hydrogens (tertiary/aromatic N) is 1.